The monoisotopic (exact) mass is 561 g/mol. The Morgan fingerprint density at radius 2 is 1.07 bits per heavy atom. The summed E-state index contributed by atoms with van der Waals surface area (Å²) < 4.78 is 8.92. The molecule has 204 valence electrons. The molecule has 0 spiro atoms. The Labute approximate surface area is 251 Å². The minimum absolute atomic E-state index is 0.580. The summed E-state index contributed by atoms with van der Waals surface area (Å²) in [5.41, 5.74) is 5.45. The van der Waals surface area contributed by atoms with Crippen LogP contribution in [0.15, 0.2) is 144 Å². The largest absolute Gasteiger partial charge is 0.437 e. The Hall–Kier alpha value is -6.00. The minimum Gasteiger partial charge on any atom is -0.437 e. The second-order valence-corrected chi connectivity index (χ2v) is 11.4. The highest BCUT2D eigenvalue weighted by Gasteiger charge is 2.23. The summed E-state index contributed by atoms with van der Waals surface area (Å²) in [5, 5.41) is 11.3. The Kier molecular flexibility index (Phi) is 4.69. The van der Waals surface area contributed by atoms with Crippen molar-refractivity contribution in [3.8, 4) is 17.2 Å². The molecular weight excluding hydrogens is 538 g/mol. The summed E-state index contributed by atoms with van der Waals surface area (Å²) in [6, 6.07) is 49.0. The van der Waals surface area contributed by atoms with Crippen molar-refractivity contribution >= 4 is 76.2 Å². The van der Waals surface area contributed by atoms with E-state index in [9.17, 15) is 0 Å². The van der Waals surface area contributed by atoms with Crippen LogP contribution in [0.4, 0.5) is 0 Å². The summed E-state index contributed by atoms with van der Waals surface area (Å²) in [5.74, 6) is 0.589. The number of hydrogen-bond acceptors (Lipinski definition) is 3. The number of aromatic nitrogens is 3. The number of fused-ring (bicyclic) bond motifs is 12. The van der Waals surface area contributed by atoms with Crippen molar-refractivity contribution in [1.82, 2.24) is 14.5 Å². The van der Waals surface area contributed by atoms with E-state index >= 15 is 0 Å². The van der Waals surface area contributed by atoms with E-state index in [1.165, 1.54) is 26.9 Å². The number of nitrogens with zero attached hydrogens (tertiary/aromatic N) is 3. The molecule has 0 radical (unpaired) electrons. The van der Waals surface area contributed by atoms with Gasteiger partial charge in [-0.1, -0.05) is 127 Å². The van der Waals surface area contributed by atoms with Crippen molar-refractivity contribution in [2.45, 2.75) is 0 Å². The lowest BCUT2D eigenvalue weighted by Gasteiger charge is -2.11. The van der Waals surface area contributed by atoms with Gasteiger partial charge in [-0.05, 0) is 33.7 Å². The SMILES string of the molecule is c1ccc(-c2nc(-n3c4ccc5ccccc5c4c4ccc5ccccc5c43)nc3oc4c5ccccc5ccc4c23)cc1. The zero-order valence-corrected chi connectivity index (χ0v) is 23.5. The van der Waals surface area contributed by atoms with Gasteiger partial charge >= 0.3 is 0 Å². The van der Waals surface area contributed by atoms with E-state index < -0.39 is 0 Å². The van der Waals surface area contributed by atoms with Crippen LogP contribution in [0, 0.1) is 0 Å². The minimum atomic E-state index is 0.580. The van der Waals surface area contributed by atoms with Crippen LogP contribution in [0.1, 0.15) is 0 Å². The van der Waals surface area contributed by atoms with Crippen LogP contribution in [0.2, 0.25) is 0 Å². The third-order valence-corrected chi connectivity index (χ3v) is 9.00. The molecule has 0 aliphatic rings. The van der Waals surface area contributed by atoms with Gasteiger partial charge in [0.1, 0.15) is 5.58 Å². The fourth-order valence-electron chi connectivity index (χ4n) is 7.05. The van der Waals surface area contributed by atoms with Crippen LogP contribution >= 0.6 is 0 Å². The molecular formula is C40H23N3O. The normalized spacial score (nSPS) is 12.1. The molecule has 0 saturated heterocycles. The molecule has 10 rings (SSSR count). The molecule has 10 aromatic rings. The summed E-state index contributed by atoms with van der Waals surface area (Å²) in [6.45, 7) is 0. The summed E-state index contributed by atoms with van der Waals surface area (Å²) in [6.07, 6.45) is 0. The highest BCUT2D eigenvalue weighted by atomic mass is 16.3. The molecule has 44 heavy (non-hydrogen) atoms. The van der Waals surface area contributed by atoms with Crippen molar-refractivity contribution < 1.29 is 4.42 Å². The van der Waals surface area contributed by atoms with Gasteiger partial charge in [0.05, 0.1) is 22.1 Å². The van der Waals surface area contributed by atoms with Crippen LogP contribution in [-0.2, 0) is 0 Å². The van der Waals surface area contributed by atoms with Gasteiger partial charge in [-0.3, -0.25) is 4.57 Å². The average Bonchev–Trinajstić information content (AvgIpc) is 3.65. The van der Waals surface area contributed by atoms with Gasteiger partial charge in [-0.2, -0.15) is 4.98 Å². The first-order valence-electron chi connectivity index (χ1n) is 14.8. The maximum absolute atomic E-state index is 6.68. The van der Waals surface area contributed by atoms with Crippen molar-refractivity contribution in [2.24, 2.45) is 0 Å². The van der Waals surface area contributed by atoms with E-state index in [2.05, 4.69) is 138 Å². The summed E-state index contributed by atoms with van der Waals surface area (Å²) in [4.78, 5) is 10.6. The zero-order chi connectivity index (χ0) is 28.8. The molecule has 4 nitrogen and oxygen atoms in total. The maximum Gasteiger partial charge on any atom is 0.238 e. The number of furan rings is 1. The highest BCUT2D eigenvalue weighted by Crippen LogP contribution is 2.42. The number of rotatable bonds is 2. The van der Waals surface area contributed by atoms with E-state index in [-0.39, 0.29) is 0 Å². The lowest BCUT2D eigenvalue weighted by Crippen LogP contribution is -2.03. The molecule has 0 bridgehead atoms. The van der Waals surface area contributed by atoms with Crippen LogP contribution in [-0.4, -0.2) is 14.5 Å². The molecule has 0 atom stereocenters. The van der Waals surface area contributed by atoms with E-state index in [4.69, 9.17) is 14.4 Å². The van der Waals surface area contributed by atoms with Crippen molar-refractivity contribution in [3.05, 3.63) is 140 Å². The molecule has 3 aromatic heterocycles. The van der Waals surface area contributed by atoms with Crippen LogP contribution in [0.25, 0.3) is 93.4 Å². The standard InChI is InChI=1S/C40H23N3O/c1-2-13-27(14-3-1)36-35-32-22-19-26-12-6-9-17-30(26)38(32)44-39(35)42-40(41-36)43-33-23-20-24-10-4-7-15-28(24)34(33)31-21-18-25-11-5-8-16-29(25)37(31)43/h1-23H. The Bertz CT molecular complexity index is 2770. The van der Waals surface area contributed by atoms with E-state index in [0.29, 0.717) is 11.7 Å². The lowest BCUT2D eigenvalue weighted by atomic mass is 10.0. The molecule has 3 heterocycles. The Balaban J connectivity index is 1.42. The van der Waals surface area contributed by atoms with Gasteiger partial charge in [0.2, 0.25) is 11.7 Å². The first-order valence-corrected chi connectivity index (χ1v) is 14.8. The molecule has 0 saturated carbocycles. The first kappa shape index (κ1) is 23.6. The fraction of sp³-hybridized carbons (Fsp3) is 0. The van der Waals surface area contributed by atoms with Gasteiger partial charge in [-0.15, -0.1) is 0 Å². The molecule has 0 aliphatic carbocycles. The van der Waals surface area contributed by atoms with Crippen LogP contribution in [0.5, 0.6) is 0 Å². The molecule has 4 heteroatoms. The average molecular weight is 562 g/mol. The topological polar surface area (TPSA) is 43.9 Å². The lowest BCUT2D eigenvalue weighted by molar-refractivity contribution is 0.655. The Morgan fingerprint density at radius 1 is 0.455 bits per heavy atom. The summed E-state index contributed by atoms with van der Waals surface area (Å²) in [7, 11) is 0. The van der Waals surface area contributed by atoms with Crippen LogP contribution < -0.4 is 0 Å². The van der Waals surface area contributed by atoms with Crippen molar-refractivity contribution in [2.75, 3.05) is 0 Å². The zero-order valence-electron chi connectivity index (χ0n) is 23.5. The third-order valence-electron chi connectivity index (χ3n) is 9.00. The first-order chi connectivity index (χ1) is 21.8. The molecule has 0 N–H and O–H groups in total. The van der Waals surface area contributed by atoms with Gasteiger partial charge in [0.15, 0.2) is 0 Å². The van der Waals surface area contributed by atoms with Crippen molar-refractivity contribution in [1.29, 1.82) is 0 Å². The molecule has 7 aromatic carbocycles. The highest BCUT2D eigenvalue weighted by molar-refractivity contribution is 6.26. The second-order valence-electron chi connectivity index (χ2n) is 11.4. The van der Waals surface area contributed by atoms with Gasteiger partial charge in [-0.25, -0.2) is 4.98 Å². The third kappa shape index (κ3) is 3.17. The molecule has 0 fully saturated rings. The van der Waals surface area contributed by atoms with Gasteiger partial charge in [0, 0.05) is 32.5 Å². The molecule has 0 unspecified atom stereocenters. The quantitative estimate of drug-likeness (QED) is 0.211. The molecule has 0 amide bonds. The van der Waals surface area contributed by atoms with E-state index in [1.54, 1.807) is 0 Å². The predicted octanol–water partition coefficient (Wildman–Crippen LogP) is 10.6. The van der Waals surface area contributed by atoms with Gasteiger partial charge < -0.3 is 4.42 Å². The predicted molar refractivity (Wildman–Crippen MR) is 182 cm³/mol. The van der Waals surface area contributed by atoms with Crippen molar-refractivity contribution in [3.63, 3.8) is 0 Å². The van der Waals surface area contributed by atoms with Crippen LogP contribution in [0.3, 0.4) is 0 Å². The maximum atomic E-state index is 6.68. The fourth-order valence-corrected chi connectivity index (χ4v) is 7.05. The Morgan fingerprint density at radius 3 is 1.86 bits per heavy atom. The second kappa shape index (κ2) is 8.76. The van der Waals surface area contributed by atoms with E-state index in [1.807, 2.05) is 6.07 Å². The smallest absolute Gasteiger partial charge is 0.238 e. The van der Waals surface area contributed by atoms with E-state index in [0.717, 1.165) is 54.8 Å². The molecule has 0 aliphatic heterocycles. The number of benzene rings is 7. The number of hydrogen-bond donors (Lipinski definition) is 0. The van der Waals surface area contributed by atoms with Gasteiger partial charge in [0.25, 0.3) is 0 Å². The summed E-state index contributed by atoms with van der Waals surface area (Å²) >= 11 is 0.